The lowest BCUT2D eigenvalue weighted by Crippen LogP contribution is -2.50. The standard InChI is InChI=1S/C26H32N6O3S/c1-26(2,3)23(32-15-19(29-30-32)16-9-10-16)25(35)31-14-18(33)11-20(31)24(34)28-13-22-27-12-21(36-22)17-7-5-4-6-8-17/h4-8,12,15-16,18,20,23,33H,9-11,13-14H2,1-3H3,(H,28,34)/t18?,20-,23+/m0/s1. The van der Waals surface area contributed by atoms with Crippen LogP contribution in [0.5, 0.6) is 0 Å². The molecule has 3 aromatic rings. The summed E-state index contributed by atoms with van der Waals surface area (Å²) in [6.07, 6.45) is 5.30. The summed E-state index contributed by atoms with van der Waals surface area (Å²) in [6, 6.07) is 8.58. The van der Waals surface area contributed by atoms with Gasteiger partial charge in [-0.25, -0.2) is 9.67 Å². The van der Waals surface area contributed by atoms with E-state index in [0.29, 0.717) is 5.92 Å². The van der Waals surface area contributed by atoms with Gasteiger partial charge in [0.25, 0.3) is 0 Å². The molecule has 1 aliphatic carbocycles. The van der Waals surface area contributed by atoms with Crippen LogP contribution in [0, 0.1) is 5.41 Å². The molecular weight excluding hydrogens is 476 g/mol. The summed E-state index contributed by atoms with van der Waals surface area (Å²) in [4.78, 5) is 34.0. The van der Waals surface area contributed by atoms with Gasteiger partial charge >= 0.3 is 0 Å². The van der Waals surface area contributed by atoms with Crippen LogP contribution in [0.2, 0.25) is 0 Å². The molecule has 1 unspecified atom stereocenters. The maximum absolute atomic E-state index is 13.8. The minimum Gasteiger partial charge on any atom is -0.391 e. The molecule has 0 spiro atoms. The summed E-state index contributed by atoms with van der Waals surface area (Å²) < 4.78 is 1.64. The first-order chi connectivity index (χ1) is 17.2. The number of nitrogens with zero attached hydrogens (tertiary/aromatic N) is 5. The van der Waals surface area contributed by atoms with E-state index in [9.17, 15) is 14.7 Å². The molecule has 2 aromatic heterocycles. The van der Waals surface area contributed by atoms with Gasteiger partial charge in [-0.05, 0) is 23.8 Å². The topological polar surface area (TPSA) is 113 Å². The number of amides is 2. The molecule has 10 heteroatoms. The van der Waals surface area contributed by atoms with Crippen LogP contribution < -0.4 is 5.32 Å². The number of thiazole rings is 1. The third kappa shape index (κ3) is 5.19. The molecule has 1 aromatic carbocycles. The first-order valence-corrected chi connectivity index (χ1v) is 13.2. The summed E-state index contributed by atoms with van der Waals surface area (Å²) in [5.41, 5.74) is 1.52. The highest BCUT2D eigenvalue weighted by Gasteiger charge is 2.45. The van der Waals surface area contributed by atoms with Crippen LogP contribution in [-0.4, -0.2) is 60.5 Å². The summed E-state index contributed by atoms with van der Waals surface area (Å²) in [6.45, 7) is 6.30. The van der Waals surface area contributed by atoms with Gasteiger partial charge in [-0.3, -0.25) is 9.59 Å². The molecule has 2 N–H and O–H groups in total. The number of likely N-dealkylation sites (tertiary alicyclic amines) is 1. The Balaban J connectivity index is 1.29. The number of aromatic nitrogens is 4. The number of benzene rings is 1. The number of hydrogen-bond acceptors (Lipinski definition) is 7. The molecule has 5 rings (SSSR count). The van der Waals surface area contributed by atoms with Gasteiger partial charge in [0, 0.05) is 31.3 Å². The van der Waals surface area contributed by atoms with Gasteiger partial charge in [0.1, 0.15) is 17.1 Å². The van der Waals surface area contributed by atoms with Crippen molar-refractivity contribution in [3.63, 3.8) is 0 Å². The molecule has 1 saturated carbocycles. The van der Waals surface area contributed by atoms with Gasteiger partial charge in [0.15, 0.2) is 0 Å². The van der Waals surface area contributed by atoms with Crippen molar-refractivity contribution in [1.82, 2.24) is 30.2 Å². The van der Waals surface area contributed by atoms with Crippen molar-refractivity contribution in [1.29, 1.82) is 0 Å². The van der Waals surface area contributed by atoms with Crippen LogP contribution in [0.15, 0.2) is 42.7 Å². The van der Waals surface area contributed by atoms with Gasteiger partial charge in [0.2, 0.25) is 11.8 Å². The lowest BCUT2D eigenvalue weighted by molar-refractivity contribution is -0.144. The van der Waals surface area contributed by atoms with Crippen LogP contribution in [0.25, 0.3) is 10.4 Å². The minimum absolute atomic E-state index is 0.114. The molecule has 2 amide bonds. The maximum atomic E-state index is 13.8. The van der Waals surface area contributed by atoms with E-state index in [-0.39, 0.29) is 31.3 Å². The third-order valence-electron chi connectivity index (χ3n) is 6.73. The van der Waals surface area contributed by atoms with Crippen molar-refractivity contribution in [2.45, 2.75) is 70.7 Å². The minimum atomic E-state index is -0.757. The third-order valence-corrected chi connectivity index (χ3v) is 7.78. The first-order valence-electron chi connectivity index (χ1n) is 12.4. The van der Waals surface area contributed by atoms with Crippen LogP contribution in [0.3, 0.4) is 0 Å². The summed E-state index contributed by atoms with van der Waals surface area (Å²) in [7, 11) is 0. The quantitative estimate of drug-likeness (QED) is 0.507. The number of hydrogen-bond donors (Lipinski definition) is 2. The molecule has 1 saturated heterocycles. The number of rotatable bonds is 7. The van der Waals surface area contributed by atoms with E-state index in [0.717, 1.165) is 34.0 Å². The monoisotopic (exact) mass is 508 g/mol. The van der Waals surface area contributed by atoms with E-state index in [1.807, 2.05) is 57.3 Å². The van der Waals surface area contributed by atoms with Gasteiger partial charge in [0.05, 0.1) is 23.2 Å². The lowest BCUT2D eigenvalue weighted by atomic mass is 9.85. The van der Waals surface area contributed by atoms with Crippen LogP contribution in [-0.2, 0) is 16.1 Å². The first kappa shape index (κ1) is 24.6. The summed E-state index contributed by atoms with van der Waals surface area (Å²) in [5.74, 6) is -0.0942. The highest BCUT2D eigenvalue weighted by molar-refractivity contribution is 7.15. The van der Waals surface area contributed by atoms with E-state index in [1.54, 1.807) is 10.9 Å². The highest BCUT2D eigenvalue weighted by Crippen LogP contribution is 2.40. The van der Waals surface area contributed by atoms with Crippen molar-refractivity contribution >= 4 is 23.2 Å². The maximum Gasteiger partial charge on any atom is 0.248 e. The van der Waals surface area contributed by atoms with Crippen molar-refractivity contribution < 1.29 is 14.7 Å². The zero-order valence-electron chi connectivity index (χ0n) is 20.8. The number of carbonyl (C=O) groups is 2. The highest BCUT2D eigenvalue weighted by atomic mass is 32.1. The molecule has 0 bridgehead atoms. The Morgan fingerprint density at radius 2 is 1.97 bits per heavy atom. The molecule has 36 heavy (non-hydrogen) atoms. The van der Waals surface area contributed by atoms with E-state index < -0.39 is 23.6 Å². The SMILES string of the molecule is CC(C)(C)[C@@H](C(=O)N1CC(O)C[C@H]1C(=O)NCc1ncc(-c2ccccc2)s1)n1cc(C2CC2)nn1. The molecule has 1 aliphatic heterocycles. The number of β-amino-alcohol motifs (C(OH)–C–C–N with tert-alkyl or cyclic N) is 1. The fraction of sp³-hybridized carbons (Fsp3) is 0.500. The number of nitrogens with one attached hydrogen (secondary N) is 1. The Morgan fingerprint density at radius 3 is 2.67 bits per heavy atom. The number of aliphatic hydroxyl groups excluding tert-OH is 1. The number of aliphatic hydroxyl groups is 1. The lowest BCUT2D eigenvalue weighted by Gasteiger charge is -2.34. The Morgan fingerprint density at radius 1 is 1.22 bits per heavy atom. The Kier molecular flexibility index (Phi) is 6.65. The van der Waals surface area contributed by atoms with Crippen molar-refractivity contribution in [2.75, 3.05) is 6.54 Å². The second-order valence-corrected chi connectivity index (χ2v) is 11.9. The Bertz CT molecular complexity index is 1230. The van der Waals surface area contributed by atoms with Crippen LogP contribution in [0.4, 0.5) is 0 Å². The van der Waals surface area contributed by atoms with E-state index in [1.165, 1.54) is 16.2 Å². The van der Waals surface area contributed by atoms with Gasteiger partial charge in [-0.1, -0.05) is 56.3 Å². The molecule has 2 fully saturated rings. The zero-order chi connectivity index (χ0) is 25.4. The van der Waals surface area contributed by atoms with Gasteiger partial charge in [-0.15, -0.1) is 16.4 Å². The van der Waals surface area contributed by atoms with Crippen molar-refractivity contribution in [3.05, 3.63) is 53.4 Å². The molecule has 9 nitrogen and oxygen atoms in total. The smallest absolute Gasteiger partial charge is 0.248 e. The fourth-order valence-electron chi connectivity index (χ4n) is 4.73. The van der Waals surface area contributed by atoms with E-state index in [4.69, 9.17) is 0 Å². The van der Waals surface area contributed by atoms with Crippen molar-refractivity contribution in [3.8, 4) is 10.4 Å². The van der Waals surface area contributed by atoms with Crippen molar-refractivity contribution in [2.24, 2.45) is 5.41 Å². The van der Waals surface area contributed by atoms with E-state index in [2.05, 4.69) is 20.6 Å². The predicted molar refractivity (Wildman–Crippen MR) is 136 cm³/mol. The zero-order valence-corrected chi connectivity index (χ0v) is 21.6. The van der Waals surface area contributed by atoms with Crippen LogP contribution >= 0.6 is 11.3 Å². The molecule has 3 atom stereocenters. The molecule has 0 radical (unpaired) electrons. The largest absolute Gasteiger partial charge is 0.391 e. The normalized spacial score (nSPS) is 20.9. The number of carbonyl (C=O) groups excluding carboxylic acids is 2. The predicted octanol–water partition coefficient (Wildman–Crippen LogP) is 3.14. The Labute approximate surface area is 214 Å². The summed E-state index contributed by atoms with van der Waals surface area (Å²) in [5, 5.41) is 22.7. The van der Waals surface area contributed by atoms with E-state index >= 15 is 0 Å². The average molecular weight is 509 g/mol. The molecule has 2 aliphatic rings. The molecular formula is C26H32N6O3S. The van der Waals surface area contributed by atoms with Gasteiger partial charge in [-0.2, -0.15) is 0 Å². The second-order valence-electron chi connectivity index (χ2n) is 10.8. The fourth-order valence-corrected chi connectivity index (χ4v) is 5.60. The molecule has 190 valence electrons. The average Bonchev–Trinajstić information content (AvgIpc) is 3.22. The molecule has 3 heterocycles. The van der Waals surface area contributed by atoms with Gasteiger partial charge < -0.3 is 15.3 Å². The Hall–Kier alpha value is -3.11. The summed E-state index contributed by atoms with van der Waals surface area (Å²) >= 11 is 1.52. The van der Waals surface area contributed by atoms with Crippen LogP contribution in [0.1, 0.15) is 62.7 Å². The second kappa shape index (κ2) is 9.74.